The van der Waals surface area contributed by atoms with Gasteiger partial charge in [-0.05, 0) is 50.2 Å². The molecule has 0 unspecified atom stereocenters. The number of fused-ring (bicyclic) bond motifs is 1. The fourth-order valence-electron chi connectivity index (χ4n) is 3.98. The summed E-state index contributed by atoms with van der Waals surface area (Å²) in [5.74, 6) is -1.13. The lowest BCUT2D eigenvalue weighted by molar-refractivity contribution is 0.0535. The van der Waals surface area contributed by atoms with E-state index in [-0.39, 0.29) is 41.0 Å². The van der Waals surface area contributed by atoms with E-state index in [1.807, 2.05) is 0 Å². The van der Waals surface area contributed by atoms with Gasteiger partial charge in [0.05, 0.1) is 11.1 Å². The molecule has 1 saturated heterocycles. The normalized spacial score (nSPS) is 16.2. The third kappa shape index (κ3) is 3.65. The SMILES string of the molecule is CC(C)N1C(=O)c2ccc(C(=O)N3CCN(C(=O)c4cccc(O)c4)CC3)cc2C1=O. The van der Waals surface area contributed by atoms with Crippen LogP contribution in [0.25, 0.3) is 0 Å². The van der Waals surface area contributed by atoms with Gasteiger partial charge >= 0.3 is 0 Å². The zero-order valence-electron chi connectivity index (χ0n) is 17.4. The van der Waals surface area contributed by atoms with E-state index in [1.165, 1.54) is 29.2 Å². The van der Waals surface area contributed by atoms with Crippen molar-refractivity contribution in [1.82, 2.24) is 14.7 Å². The van der Waals surface area contributed by atoms with Crippen LogP contribution in [0.2, 0.25) is 0 Å². The number of hydrogen-bond acceptors (Lipinski definition) is 5. The van der Waals surface area contributed by atoms with Gasteiger partial charge < -0.3 is 14.9 Å². The van der Waals surface area contributed by atoms with Crippen molar-refractivity contribution in [1.29, 1.82) is 0 Å². The Labute approximate surface area is 179 Å². The fraction of sp³-hybridized carbons (Fsp3) is 0.304. The highest BCUT2D eigenvalue weighted by molar-refractivity contribution is 6.22. The Morgan fingerprint density at radius 1 is 0.806 bits per heavy atom. The molecule has 0 saturated carbocycles. The average Bonchev–Trinajstić information content (AvgIpc) is 3.02. The maximum absolute atomic E-state index is 13.0. The molecule has 1 N–H and O–H groups in total. The van der Waals surface area contributed by atoms with Crippen molar-refractivity contribution < 1.29 is 24.3 Å². The number of piperazine rings is 1. The Kier molecular flexibility index (Phi) is 5.22. The third-order valence-electron chi connectivity index (χ3n) is 5.63. The lowest BCUT2D eigenvalue weighted by atomic mass is 10.0. The van der Waals surface area contributed by atoms with E-state index in [1.54, 1.807) is 41.8 Å². The molecular weight excluding hydrogens is 398 g/mol. The number of carbonyl (C=O) groups is 4. The zero-order valence-corrected chi connectivity index (χ0v) is 17.4. The highest BCUT2D eigenvalue weighted by atomic mass is 16.3. The second-order valence-electron chi connectivity index (χ2n) is 7.97. The van der Waals surface area contributed by atoms with Crippen molar-refractivity contribution in [2.75, 3.05) is 26.2 Å². The van der Waals surface area contributed by atoms with Gasteiger partial charge in [0.15, 0.2) is 0 Å². The van der Waals surface area contributed by atoms with E-state index in [2.05, 4.69) is 0 Å². The first-order chi connectivity index (χ1) is 14.8. The summed E-state index contributed by atoms with van der Waals surface area (Å²) < 4.78 is 0. The van der Waals surface area contributed by atoms with E-state index in [0.29, 0.717) is 42.9 Å². The number of imide groups is 1. The van der Waals surface area contributed by atoms with Gasteiger partial charge in [0, 0.05) is 43.3 Å². The number of carbonyl (C=O) groups excluding carboxylic acids is 4. The molecule has 31 heavy (non-hydrogen) atoms. The standard InChI is InChI=1S/C23H23N3O5/c1-14(2)26-22(30)18-7-6-16(13-19(18)23(26)31)21(29)25-10-8-24(9-11-25)20(28)15-4-3-5-17(27)12-15/h3-7,12-14,27H,8-11H2,1-2H3. The maximum Gasteiger partial charge on any atom is 0.261 e. The second-order valence-corrected chi connectivity index (χ2v) is 7.97. The molecule has 8 heteroatoms. The quantitative estimate of drug-likeness (QED) is 0.765. The molecule has 0 atom stereocenters. The van der Waals surface area contributed by atoms with E-state index in [9.17, 15) is 24.3 Å². The summed E-state index contributed by atoms with van der Waals surface area (Å²) in [6.07, 6.45) is 0. The van der Waals surface area contributed by atoms with Gasteiger partial charge in [-0.3, -0.25) is 24.1 Å². The number of hydrogen-bond donors (Lipinski definition) is 1. The Bertz CT molecular complexity index is 1090. The zero-order chi connectivity index (χ0) is 22.3. The Balaban J connectivity index is 1.45. The summed E-state index contributed by atoms with van der Waals surface area (Å²) in [4.78, 5) is 55.1. The number of phenols is 1. The van der Waals surface area contributed by atoms with Crippen molar-refractivity contribution in [3.8, 4) is 5.75 Å². The summed E-state index contributed by atoms with van der Waals surface area (Å²) >= 11 is 0. The van der Waals surface area contributed by atoms with Crippen LogP contribution in [0.5, 0.6) is 5.75 Å². The van der Waals surface area contributed by atoms with Gasteiger partial charge in [0.25, 0.3) is 23.6 Å². The largest absolute Gasteiger partial charge is 0.508 e. The van der Waals surface area contributed by atoms with Crippen molar-refractivity contribution in [2.45, 2.75) is 19.9 Å². The minimum atomic E-state index is -0.383. The van der Waals surface area contributed by atoms with Crippen molar-refractivity contribution in [3.63, 3.8) is 0 Å². The number of nitrogens with zero attached hydrogens (tertiary/aromatic N) is 3. The molecule has 0 bridgehead atoms. The number of rotatable bonds is 3. The maximum atomic E-state index is 13.0. The molecule has 8 nitrogen and oxygen atoms in total. The first-order valence-corrected chi connectivity index (χ1v) is 10.2. The van der Waals surface area contributed by atoms with Crippen LogP contribution in [0.3, 0.4) is 0 Å². The number of amides is 4. The van der Waals surface area contributed by atoms with E-state index in [4.69, 9.17) is 0 Å². The van der Waals surface area contributed by atoms with Crippen LogP contribution in [0.4, 0.5) is 0 Å². The topological polar surface area (TPSA) is 98.2 Å². The smallest absolute Gasteiger partial charge is 0.261 e. The highest BCUT2D eigenvalue weighted by Crippen LogP contribution is 2.26. The fourth-order valence-corrected chi connectivity index (χ4v) is 3.98. The van der Waals surface area contributed by atoms with E-state index in [0.717, 1.165) is 0 Å². The average molecular weight is 421 g/mol. The molecule has 160 valence electrons. The summed E-state index contributed by atoms with van der Waals surface area (Å²) in [6, 6.07) is 10.5. The summed E-state index contributed by atoms with van der Waals surface area (Å²) in [7, 11) is 0. The second kappa shape index (κ2) is 7.86. The molecule has 0 spiro atoms. The number of aromatic hydroxyl groups is 1. The van der Waals surface area contributed by atoms with Gasteiger partial charge in [-0.2, -0.15) is 0 Å². The van der Waals surface area contributed by atoms with Crippen LogP contribution in [0.1, 0.15) is 55.3 Å². The molecule has 0 radical (unpaired) electrons. The summed E-state index contributed by atoms with van der Waals surface area (Å²) in [6.45, 7) is 4.97. The van der Waals surface area contributed by atoms with Crippen LogP contribution in [-0.2, 0) is 0 Å². The van der Waals surface area contributed by atoms with Gasteiger partial charge in [0.2, 0.25) is 0 Å². The van der Waals surface area contributed by atoms with Crippen LogP contribution in [0.15, 0.2) is 42.5 Å². The summed E-state index contributed by atoms with van der Waals surface area (Å²) in [5.41, 5.74) is 1.31. The number of benzene rings is 2. The summed E-state index contributed by atoms with van der Waals surface area (Å²) in [5, 5.41) is 9.58. The van der Waals surface area contributed by atoms with Gasteiger partial charge in [-0.15, -0.1) is 0 Å². The van der Waals surface area contributed by atoms with Crippen LogP contribution in [0, 0.1) is 0 Å². The van der Waals surface area contributed by atoms with Crippen molar-refractivity contribution in [2.24, 2.45) is 0 Å². The first kappa shape index (κ1) is 20.6. The van der Waals surface area contributed by atoms with Crippen molar-refractivity contribution in [3.05, 3.63) is 64.7 Å². The monoisotopic (exact) mass is 421 g/mol. The Morgan fingerprint density at radius 2 is 1.35 bits per heavy atom. The molecule has 0 aromatic heterocycles. The van der Waals surface area contributed by atoms with Crippen LogP contribution >= 0.6 is 0 Å². The molecule has 1 fully saturated rings. The van der Waals surface area contributed by atoms with Crippen molar-refractivity contribution >= 4 is 23.6 Å². The van der Waals surface area contributed by atoms with Crippen LogP contribution < -0.4 is 0 Å². The highest BCUT2D eigenvalue weighted by Gasteiger charge is 2.38. The van der Waals surface area contributed by atoms with E-state index < -0.39 is 0 Å². The molecule has 2 aromatic carbocycles. The van der Waals surface area contributed by atoms with Gasteiger partial charge in [-0.1, -0.05) is 6.07 Å². The van der Waals surface area contributed by atoms with Crippen LogP contribution in [-0.4, -0.2) is 75.7 Å². The molecular formula is C23H23N3O5. The molecule has 2 aliphatic rings. The Morgan fingerprint density at radius 3 is 1.90 bits per heavy atom. The third-order valence-corrected chi connectivity index (χ3v) is 5.63. The molecule has 2 heterocycles. The first-order valence-electron chi connectivity index (χ1n) is 10.2. The molecule has 4 amide bonds. The predicted molar refractivity (Wildman–Crippen MR) is 112 cm³/mol. The number of phenolic OH excluding ortho intramolecular Hbond substituents is 1. The lowest BCUT2D eigenvalue weighted by Crippen LogP contribution is -2.50. The molecule has 0 aliphatic carbocycles. The van der Waals surface area contributed by atoms with E-state index >= 15 is 0 Å². The Hall–Kier alpha value is -3.68. The minimum Gasteiger partial charge on any atom is -0.508 e. The molecule has 2 aromatic rings. The molecule has 4 rings (SSSR count). The predicted octanol–water partition coefficient (Wildman–Crippen LogP) is 1.99. The lowest BCUT2D eigenvalue weighted by Gasteiger charge is -2.35. The molecule has 2 aliphatic heterocycles. The van der Waals surface area contributed by atoms with Gasteiger partial charge in [0.1, 0.15) is 5.75 Å². The van der Waals surface area contributed by atoms with Gasteiger partial charge in [-0.25, -0.2) is 0 Å². The minimum absolute atomic E-state index is 0.0281.